The lowest BCUT2D eigenvalue weighted by molar-refractivity contribution is -0.0433. The number of alkyl halides is 1. The number of aromatic nitrogens is 5. The lowest BCUT2D eigenvalue weighted by atomic mass is 9.83. The second kappa shape index (κ2) is 11.1. The quantitative estimate of drug-likeness (QED) is 0.152. The van der Waals surface area contributed by atoms with Crippen LogP contribution in [0, 0.1) is 0 Å². The minimum atomic E-state index is -1.05. The lowest BCUT2D eigenvalue weighted by Gasteiger charge is -2.40. The number of allylic oxidation sites excluding steroid dienone is 1. The van der Waals surface area contributed by atoms with Gasteiger partial charge in [-0.25, -0.2) is 14.4 Å². The highest BCUT2D eigenvalue weighted by Crippen LogP contribution is 2.47. The van der Waals surface area contributed by atoms with Crippen LogP contribution in [0.2, 0.25) is 5.02 Å². The second-order valence-electron chi connectivity index (χ2n) is 13.0. The Kier molecular flexibility index (Phi) is 6.78. The molecule has 0 amide bonds. The molecule has 2 fully saturated rings. The first-order valence-corrected chi connectivity index (χ1v) is 16.5. The lowest BCUT2D eigenvalue weighted by Crippen LogP contribution is -2.35. The van der Waals surface area contributed by atoms with Crippen molar-refractivity contribution in [1.82, 2.24) is 35.1 Å². The Labute approximate surface area is 271 Å². The summed E-state index contributed by atoms with van der Waals surface area (Å²) < 4.78 is 23.5. The second-order valence-corrected chi connectivity index (χ2v) is 13.4. The average Bonchev–Trinajstić information content (AvgIpc) is 3.91. The Morgan fingerprint density at radius 1 is 0.957 bits per heavy atom. The van der Waals surface area contributed by atoms with Gasteiger partial charge in [0.2, 0.25) is 0 Å². The van der Waals surface area contributed by atoms with E-state index in [2.05, 4.69) is 79.2 Å². The van der Waals surface area contributed by atoms with Crippen molar-refractivity contribution in [2.24, 2.45) is 0 Å². The number of hydrogen-bond donors (Lipinski definition) is 4. The average molecular weight is 636 g/mol. The summed E-state index contributed by atoms with van der Waals surface area (Å²) in [5.41, 5.74) is 8.22. The number of aromatic amines is 2. The summed E-state index contributed by atoms with van der Waals surface area (Å²) in [7, 11) is 0. The first-order chi connectivity index (χ1) is 22.5. The molecule has 6 atom stereocenters. The van der Waals surface area contributed by atoms with E-state index >= 15 is 0 Å². The topological polar surface area (TPSA) is 95.6 Å². The summed E-state index contributed by atoms with van der Waals surface area (Å²) in [6.45, 7) is 5.24. The van der Waals surface area contributed by atoms with Crippen LogP contribution < -0.4 is 10.6 Å². The van der Waals surface area contributed by atoms with Gasteiger partial charge in [-0.05, 0) is 79.8 Å². The van der Waals surface area contributed by atoms with Crippen molar-refractivity contribution < 1.29 is 9.13 Å². The van der Waals surface area contributed by atoms with Crippen LogP contribution in [0.5, 0.6) is 0 Å². The van der Waals surface area contributed by atoms with Gasteiger partial charge in [0.1, 0.15) is 17.8 Å². The Bertz CT molecular complexity index is 1980. The number of rotatable bonds is 5. The molecule has 1 aliphatic carbocycles. The molecule has 6 heterocycles. The van der Waals surface area contributed by atoms with Crippen LogP contribution in [-0.4, -0.2) is 49.9 Å². The van der Waals surface area contributed by atoms with E-state index in [9.17, 15) is 4.39 Å². The number of ether oxygens (including phenoxy) is 1. The Morgan fingerprint density at radius 3 is 2.59 bits per heavy atom. The van der Waals surface area contributed by atoms with Gasteiger partial charge in [0.15, 0.2) is 6.23 Å². The predicted molar refractivity (Wildman–Crippen MR) is 177 cm³/mol. The van der Waals surface area contributed by atoms with Gasteiger partial charge in [0, 0.05) is 39.7 Å². The number of nitrogens with one attached hydrogen (secondary N) is 4. The van der Waals surface area contributed by atoms with Gasteiger partial charge < -0.3 is 29.9 Å². The van der Waals surface area contributed by atoms with Gasteiger partial charge in [-0.15, -0.1) is 0 Å². The maximum absolute atomic E-state index is 14.1. The highest BCUT2D eigenvalue weighted by Gasteiger charge is 2.39. The zero-order chi connectivity index (χ0) is 30.9. The number of benzene rings is 2. The number of halogens is 2. The minimum Gasteiger partial charge on any atom is -0.346 e. The smallest absolute Gasteiger partial charge is 0.161 e. The van der Waals surface area contributed by atoms with Crippen LogP contribution in [0.3, 0.4) is 0 Å². The molecule has 0 bridgehead atoms. The summed E-state index contributed by atoms with van der Waals surface area (Å²) in [5.74, 6) is 1.90. The van der Waals surface area contributed by atoms with Crippen LogP contribution in [0.1, 0.15) is 78.5 Å². The molecule has 3 aromatic heterocycles. The van der Waals surface area contributed by atoms with Crippen molar-refractivity contribution in [2.45, 2.75) is 62.2 Å². The van der Waals surface area contributed by atoms with Crippen LogP contribution in [0.25, 0.3) is 27.7 Å². The van der Waals surface area contributed by atoms with Gasteiger partial charge in [-0.1, -0.05) is 36.4 Å². The molecule has 10 heteroatoms. The van der Waals surface area contributed by atoms with Crippen molar-refractivity contribution in [3.05, 3.63) is 113 Å². The number of imidazole rings is 2. The number of hydrogen-bond acceptors (Lipinski definition) is 5. The third-order valence-corrected chi connectivity index (χ3v) is 10.4. The molecule has 0 saturated carbocycles. The highest BCUT2D eigenvalue weighted by molar-refractivity contribution is 6.30. The highest BCUT2D eigenvalue weighted by atomic mass is 35.5. The van der Waals surface area contributed by atoms with Gasteiger partial charge in [0.25, 0.3) is 0 Å². The molecule has 46 heavy (non-hydrogen) atoms. The van der Waals surface area contributed by atoms with Gasteiger partial charge in [-0.2, -0.15) is 0 Å². The normalized spacial score (nSPS) is 27.6. The number of nitrogens with zero attached hydrogens (tertiary/aromatic N) is 3. The monoisotopic (exact) mass is 635 g/mol. The molecular weight excluding hydrogens is 601 g/mol. The standard InChI is InChI=1S/C36H35ClFN7O/c1-19-26(38)16-40-33(19)35-42-18-29(44-35)22-6-10-25-31-14-23-13-21(28-17-41-34(43-28)27-3-2-12-39-27)7-11-30(23)45(31)36(46-32(25)15-22)20-4-8-24(37)9-5-20/h4-5,7-9,11,13-15,17-18,25-27,32-33,36,39-40H,1-3,6,10,12,16H2,(H,41,43)(H,42,44). The fourth-order valence-corrected chi connectivity index (χ4v) is 7.87. The summed E-state index contributed by atoms with van der Waals surface area (Å²) in [6, 6.07) is 16.9. The fourth-order valence-electron chi connectivity index (χ4n) is 7.75. The first-order valence-electron chi connectivity index (χ1n) is 16.2. The van der Waals surface area contributed by atoms with Crippen molar-refractivity contribution in [2.75, 3.05) is 13.1 Å². The van der Waals surface area contributed by atoms with E-state index in [-0.39, 0.29) is 30.8 Å². The molecule has 2 saturated heterocycles. The largest absolute Gasteiger partial charge is 0.346 e. The maximum Gasteiger partial charge on any atom is 0.161 e. The molecule has 0 spiro atoms. The molecule has 234 valence electrons. The molecule has 6 unspecified atom stereocenters. The molecule has 4 aliphatic rings. The molecule has 4 N–H and O–H groups in total. The Morgan fingerprint density at radius 2 is 1.78 bits per heavy atom. The molecular formula is C36H35ClFN7O. The van der Waals surface area contributed by atoms with E-state index in [1.165, 1.54) is 17.5 Å². The van der Waals surface area contributed by atoms with Gasteiger partial charge in [-0.3, -0.25) is 0 Å². The van der Waals surface area contributed by atoms with Gasteiger partial charge >= 0.3 is 0 Å². The van der Waals surface area contributed by atoms with Crippen LogP contribution >= 0.6 is 11.6 Å². The van der Waals surface area contributed by atoms with Gasteiger partial charge in [0.05, 0.1) is 47.5 Å². The van der Waals surface area contributed by atoms with Crippen molar-refractivity contribution in [3.63, 3.8) is 0 Å². The molecule has 9 rings (SSSR count). The minimum absolute atomic E-state index is 0.128. The molecule has 5 aromatic rings. The van der Waals surface area contributed by atoms with Crippen molar-refractivity contribution >= 4 is 28.1 Å². The molecule has 0 radical (unpaired) electrons. The van der Waals surface area contributed by atoms with Crippen molar-refractivity contribution in [1.29, 1.82) is 0 Å². The third-order valence-electron chi connectivity index (χ3n) is 10.2. The third kappa shape index (κ3) is 4.68. The number of fused-ring (bicyclic) bond motifs is 5. The predicted octanol–water partition coefficient (Wildman–Crippen LogP) is 7.28. The van der Waals surface area contributed by atoms with E-state index < -0.39 is 6.17 Å². The molecule has 3 aliphatic heterocycles. The summed E-state index contributed by atoms with van der Waals surface area (Å²) in [5, 5.41) is 8.58. The van der Waals surface area contributed by atoms with E-state index in [4.69, 9.17) is 21.3 Å². The summed E-state index contributed by atoms with van der Waals surface area (Å²) in [4.78, 5) is 16.3. The van der Waals surface area contributed by atoms with Crippen LogP contribution in [0.15, 0.2) is 79.2 Å². The van der Waals surface area contributed by atoms with Crippen LogP contribution in [-0.2, 0) is 4.74 Å². The molecule has 2 aromatic carbocycles. The maximum atomic E-state index is 14.1. The van der Waals surface area contributed by atoms with Crippen LogP contribution in [0.4, 0.5) is 4.39 Å². The van der Waals surface area contributed by atoms with E-state index in [0.717, 1.165) is 65.2 Å². The van der Waals surface area contributed by atoms with Crippen molar-refractivity contribution in [3.8, 4) is 11.3 Å². The molecule has 8 nitrogen and oxygen atoms in total. The Balaban J connectivity index is 1.08. The van der Waals surface area contributed by atoms with E-state index in [1.54, 1.807) is 0 Å². The van der Waals surface area contributed by atoms with E-state index in [0.29, 0.717) is 22.5 Å². The first kappa shape index (κ1) is 28.2. The number of H-pyrrole nitrogens is 2. The summed E-state index contributed by atoms with van der Waals surface area (Å²) in [6.07, 6.45) is 8.65. The summed E-state index contributed by atoms with van der Waals surface area (Å²) >= 11 is 6.30. The zero-order valence-electron chi connectivity index (χ0n) is 25.3. The zero-order valence-corrected chi connectivity index (χ0v) is 26.0. The Hall–Kier alpha value is -4.02. The van der Waals surface area contributed by atoms with E-state index in [1.807, 2.05) is 24.5 Å². The fraction of sp³-hybridized carbons (Fsp3) is 0.333. The SMILES string of the molecule is C=C1C(F)CNC1c1ncc(C2=CC3OC(c4ccc(Cl)cc4)n4c(cc5cc(-c6cnc(C7CCCN7)[nH]6)ccc54)C3CC2)[nH]1.